The molecule has 0 fully saturated rings. The molecule has 20 heavy (non-hydrogen) atoms. The van der Waals surface area contributed by atoms with Gasteiger partial charge in [-0.25, -0.2) is 0 Å². The van der Waals surface area contributed by atoms with Crippen LogP contribution in [0, 0.1) is 16.7 Å². The van der Waals surface area contributed by atoms with Crippen LogP contribution in [0.2, 0.25) is 0 Å². The van der Waals surface area contributed by atoms with E-state index in [4.69, 9.17) is 4.74 Å². The maximum absolute atomic E-state index is 12.3. The average Bonchev–Trinajstić information content (AvgIpc) is 2.44. The van der Waals surface area contributed by atoms with Gasteiger partial charge in [0.25, 0.3) is 0 Å². The van der Waals surface area contributed by atoms with Crippen molar-refractivity contribution in [2.45, 2.75) is 39.5 Å². The molecule has 1 N–H and O–H groups in total. The van der Waals surface area contributed by atoms with Crippen LogP contribution in [0.5, 0.6) is 0 Å². The van der Waals surface area contributed by atoms with Gasteiger partial charge in [-0.1, -0.05) is 26.7 Å². The zero-order valence-electron chi connectivity index (χ0n) is 13.4. The van der Waals surface area contributed by atoms with E-state index in [2.05, 4.69) is 16.3 Å². The summed E-state index contributed by atoms with van der Waals surface area (Å²) in [5, 5.41) is 12.3. The normalized spacial score (nSPS) is 11.4. The van der Waals surface area contributed by atoms with Gasteiger partial charge in [-0.15, -0.1) is 0 Å². The Labute approximate surface area is 123 Å². The van der Waals surface area contributed by atoms with Crippen molar-refractivity contribution >= 4 is 5.91 Å². The number of nitriles is 1. The van der Waals surface area contributed by atoms with Gasteiger partial charge in [0.15, 0.2) is 0 Å². The first-order chi connectivity index (χ1) is 9.56. The Bertz CT molecular complexity index is 307. The molecular weight excluding hydrogens is 254 g/mol. The van der Waals surface area contributed by atoms with Gasteiger partial charge in [-0.05, 0) is 19.9 Å². The maximum atomic E-state index is 12.3. The van der Waals surface area contributed by atoms with Crippen LogP contribution in [0.1, 0.15) is 39.5 Å². The quantitative estimate of drug-likeness (QED) is 0.628. The largest absolute Gasteiger partial charge is 0.383 e. The molecule has 0 aliphatic rings. The highest BCUT2D eigenvalue weighted by Crippen LogP contribution is 2.29. The molecule has 1 amide bonds. The fourth-order valence-electron chi connectivity index (χ4n) is 2.26. The van der Waals surface area contributed by atoms with E-state index in [-0.39, 0.29) is 5.91 Å². The molecule has 0 rings (SSSR count). The summed E-state index contributed by atoms with van der Waals surface area (Å²) < 4.78 is 5.00. The summed E-state index contributed by atoms with van der Waals surface area (Å²) in [5.41, 5.74) is -0.853. The fraction of sp³-hybridized carbons (Fsp3) is 0.867. The zero-order chi connectivity index (χ0) is 15.4. The summed E-state index contributed by atoms with van der Waals surface area (Å²) in [6, 6.07) is 2.24. The molecule has 0 atom stereocenters. The molecular formula is C15H29N3O2. The van der Waals surface area contributed by atoms with Gasteiger partial charge < -0.3 is 15.0 Å². The summed E-state index contributed by atoms with van der Waals surface area (Å²) >= 11 is 0. The molecule has 0 bridgehead atoms. The molecule has 0 aliphatic carbocycles. The van der Waals surface area contributed by atoms with Crippen molar-refractivity contribution in [1.29, 1.82) is 5.26 Å². The molecule has 0 heterocycles. The number of hydrogen-bond acceptors (Lipinski definition) is 4. The summed E-state index contributed by atoms with van der Waals surface area (Å²) in [5.74, 6) is -0.121. The summed E-state index contributed by atoms with van der Waals surface area (Å²) in [6.45, 7) is 6.85. The molecule has 0 saturated carbocycles. The molecule has 5 heteroatoms. The monoisotopic (exact) mass is 283 g/mol. The van der Waals surface area contributed by atoms with Gasteiger partial charge in [0.05, 0.1) is 12.7 Å². The molecule has 0 saturated heterocycles. The summed E-state index contributed by atoms with van der Waals surface area (Å²) in [4.78, 5) is 14.4. The predicted octanol–water partition coefficient (Wildman–Crippen LogP) is 1.79. The van der Waals surface area contributed by atoms with Crippen LogP contribution in [-0.4, -0.2) is 51.2 Å². The number of amides is 1. The number of likely N-dealkylation sites (N-methyl/N-ethyl adjacent to an activating group) is 1. The molecule has 0 radical (unpaired) electrons. The second-order valence-electron chi connectivity index (χ2n) is 5.25. The van der Waals surface area contributed by atoms with Gasteiger partial charge in [0, 0.05) is 26.7 Å². The molecule has 0 aliphatic heterocycles. The first kappa shape index (κ1) is 18.9. The van der Waals surface area contributed by atoms with Gasteiger partial charge in [0.2, 0.25) is 5.91 Å². The minimum Gasteiger partial charge on any atom is -0.383 e. The third kappa shape index (κ3) is 6.36. The van der Waals surface area contributed by atoms with Crippen LogP contribution in [0.15, 0.2) is 0 Å². The lowest BCUT2D eigenvalue weighted by Gasteiger charge is -2.25. The lowest BCUT2D eigenvalue weighted by atomic mass is 9.80. The minimum absolute atomic E-state index is 0.121. The van der Waals surface area contributed by atoms with E-state index in [1.54, 1.807) is 7.11 Å². The van der Waals surface area contributed by atoms with E-state index >= 15 is 0 Å². The average molecular weight is 283 g/mol. The number of carbonyl (C=O) groups is 1. The lowest BCUT2D eigenvalue weighted by Crippen LogP contribution is -2.43. The first-order valence-corrected chi connectivity index (χ1v) is 7.43. The van der Waals surface area contributed by atoms with Crippen molar-refractivity contribution in [1.82, 2.24) is 10.2 Å². The minimum atomic E-state index is -0.853. The second kappa shape index (κ2) is 10.6. The van der Waals surface area contributed by atoms with Crippen LogP contribution < -0.4 is 5.32 Å². The van der Waals surface area contributed by atoms with Crippen LogP contribution in [0.3, 0.4) is 0 Å². The van der Waals surface area contributed by atoms with E-state index in [9.17, 15) is 10.1 Å². The number of ether oxygens (including phenoxy) is 1. The van der Waals surface area contributed by atoms with Gasteiger partial charge in [-0.3, -0.25) is 4.79 Å². The summed E-state index contributed by atoms with van der Waals surface area (Å²) in [6.07, 6.45) is 2.94. The van der Waals surface area contributed by atoms with Crippen molar-refractivity contribution < 1.29 is 9.53 Å². The third-order valence-electron chi connectivity index (χ3n) is 3.46. The topological polar surface area (TPSA) is 65.4 Å². The number of methoxy groups -OCH3 is 1. The van der Waals surface area contributed by atoms with E-state index < -0.39 is 5.41 Å². The van der Waals surface area contributed by atoms with E-state index in [0.29, 0.717) is 26.0 Å². The molecule has 0 aromatic heterocycles. The Morgan fingerprint density at radius 1 is 1.30 bits per heavy atom. The molecule has 0 unspecified atom stereocenters. The van der Waals surface area contributed by atoms with Crippen LogP contribution >= 0.6 is 0 Å². The Balaban J connectivity index is 4.30. The standard InChI is InChI=1S/C15H29N3O2/c1-5-7-15(13-16,8-6-2)14(19)17-9-10-18(3)11-12-20-4/h5-12H2,1-4H3,(H,17,19). The predicted molar refractivity (Wildman–Crippen MR) is 80.2 cm³/mol. The number of hydrogen-bond donors (Lipinski definition) is 1. The number of rotatable bonds is 11. The molecule has 0 spiro atoms. The fourth-order valence-corrected chi connectivity index (χ4v) is 2.26. The number of nitrogens with one attached hydrogen (secondary N) is 1. The molecule has 0 aromatic carbocycles. The van der Waals surface area contributed by atoms with Gasteiger partial charge in [-0.2, -0.15) is 5.26 Å². The van der Waals surface area contributed by atoms with Crippen molar-refractivity contribution in [2.24, 2.45) is 5.41 Å². The zero-order valence-corrected chi connectivity index (χ0v) is 13.4. The highest BCUT2D eigenvalue weighted by Gasteiger charge is 2.36. The summed E-state index contributed by atoms with van der Waals surface area (Å²) in [7, 11) is 3.66. The molecule has 0 aromatic rings. The molecule has 5 nitrogen and oxygen atoms in total. The highest BCUT2D eigenvalue weighted by atomic mass is 16.5. The van der Waals surface area contributed by atoms with Crippen molar-refractivity contribution in [3.8, 4) is 6.07 Å². The highest BCUT2D eigenvalue weighted by molar-refractivity contribution is 5.85. The SMILES string of the molecule is CCCC(C#N)(CCC)C(=O)NCCN(C)CCOC. The smallest absolute Gasteiger partial charge is 0.240 e. The van der Waals surface area contributed by atoms with Crippen molar-refractivity contribution in [3.05, 3.63) is 0 Å². The third-order valence-corrected chi connectivity index (χ3v) is 3.46. The first-order valence-electron chi connectivity index (χ1n) is 7.43. The Morgan fingerprint density at radius 3 is 2.35 bits per heavy atom. The van der Waals surface area contributed by atoms with E-state index in [1.807, 2.05) is 20.9 Å². The maximum Gasteiger partial charge on any atom is 0.240 e. The number of nitrogens with zero attached hydrogens (tertiary/aromatic N) is 2. The van der Waals surface area contributed by atoms with Gasteiger partial charge in [0.1, 0.15) is 5.41 Å². The van der Waals surface area contributed by atoms with Crippen LogP contribution in [-0.2, 0) is 9.53 Å². The second-order valence-corrected chi connectivity index (χ2v) is 5.25. The van der Waals surface area contributed by atoms with Crippen molar-refractivity contribution in [3.63, 3.8) is 0 Å². The Kier molecular flexibility index (Phi) is 10.0. The van der Waals surface area contributed by atoms with E-state index in [1.165, 1.54) is 0 Å². The Morgan fingerprint density at radius 2 is 1.90 bits per heavy atom. The van der Waals surface area contributed by atoms with Gasteiger partial charge >= 0.3 is 0 Å². The number of carbonyl (C=O) groups excluding carboxylic acids is 1. The van der Waals surface area contributed by atoms with Crippen molar-refractivity contribution in [2.75, 3.05) is 40.4 Å². The lowest BCUT2D eigenvalue weighted by molar-refractivity contribution is -0.128. The molecule has 116 valence electrons. The van der Waals surface area contributed by atoms with Crippen LogP contribution in [0.4, 0.5) is 0 Å². The Hall–Kier alpha value is -1.12. The van der Waals surface area contributed by atoms with Crippen LogP contribution in [0.25, 0.3) is 0 Å². The van der Waals surface area contributed by atoms with E-state index in [0.717, 1.165) is 25.9 Å².